The first-order chi connectivity index (χ1) is 11.9. The van der Waals surface area contributed by atoms with Crippen LogP contribution in [0, 0.1) is 5.92 Å². The van der Waals surface area contributed by atoms with E-state index in [9.17, 15) is 4.79 Å². The van der Waals surface area contributed by atoms with Crippen molar-refractivity contribution < 1.29 is 14.3 Å². The van der Waals surface area contributed by atoms with E-state index in [2.05, 4.69) is 15.6 Å². The summed E-state index contributed by atoms with van der Waals surface area (Å²) in [6.45, 7) is 7.93. The van der Waals surface area contributed by atoms with Gasteiger partial charge in [-0.05, 0) is 45.7 Å². The molecule has 1 saturated heterocycles. The van der Waals surface area contributed by atoms with E-state index in [0.29, 0.717) is 18.5 Å². The van der Waals surface area contributed by atoms with Crippen molar-refractivity contribution in [2.45, 2.75) is 51.9 Å². The van der Waals surface area contributed by atoms with Gasteiger partial charge in [0.15, 0.2) is 0 Å². The molecule has 2 aromatic rings. The minimum Gasteiger partial charge on any atom is -0.459 e. The highest BCUT2D eigenvalue weighted by atomic mass is 16.6. The Kier molecular flexibility index (Phi) is 3.85. The fourth-order valence-corrected chi connectivity index (χ4v) is 3.72. The number of carbonyl (C=O) groups excluding carboxylic acids is 1. The summed E-state index contributed by atoms with van der Waals surface area (Å²) in [5, 5.41) is 0. The topological polar surface area (TPSA) is 56.6 Å². The maximum atomic E-state index is 12.4. The van der Waals surface area contributed by atoms with Crippen LogP contribution in [0.5, 0.6) is 6.01 Å². The number of para-hydroxylation sites is 2. The summed E-state index contributed by atoms with van der Waals surface area (Å²) in [5.74, 6) is 0.307. The Morgan fingerprint density at radius 2 is 2.08 bits per heavy atom. The molecule has 3 heterocycles. The number of hydrogen-bond acceptors (Lipinski definition) is 4. The molecule has 1 amide bonds. The Bertz CT molecular complexity index is 793. The molecule has 0 bridgehead atoms. The summed E-state index contributed by atoms with van der Waals surface area (Å²) < 4.78 is 13.8. The molecular formula is C19H25N3O3. The van der Waals surface area contributed by atoms with E-state index in [0.717, 1.165) is 37.0 Å². The number of ether oxygens (including phenoxy) is 2. The zero-order valence-corrected chi connectivity index (χ0v) is 15.1. The maximum Gasteiger partial charge on any atom is 0.410 e. The van der Waals surface area contributed by atoms with Crippen LogP contribution in [0.15, 0.2) is 24.3 Å². The molecule has 2 unspecified atom stereocenters. The molecule has 25 heavy (non-hydrogen) atoms. The van der Waals surface area contributed by atoms with Crippen molar-refractivity contribution in [1.29, 1.82) is 0 Å². The van der Waals surface area contributed by atoms with E-state index in [1.165, 1.54) is 0 Å². The van der Waals surface area contributed by atoms with Crippen LogP contribution < -0.4 is 4.74 Å². The van der Waals surface area contributed by atoms with Gasteiger partial charge in [-0.25, -0.2) is 4.79 Å². The molecule has 0 N–H and O–H groups in total. The third-order valence-electron chi connectivity index (χ3n) is 4.87. The molecule has 1 aromatic heterocycles. The SMILES string of the molecule is CC(C)(C)OC(=O)N1CCCC(C2Cn3c(nc4ccccc43)O2)C1. The highest BCUT2D eigenvalue weighted by Crippen LogP contribution is 2.33. The van der Waals surface area contributed by atoms with E-state index in [1.54, 1.807) is 0 Å². The van der Waals surface area contributed by atoms with E-state index < -0.39 is 5.60 Å². The van der Waals surface area contributed by atoms with Gasteiger partial charge in [0.2, 0.25) is 0 Å². The number of likely N-dealkylation sites (tertiary alicyclic amines) is 1. The molecule has 4 rings (SSSR count). The van der Waals surface area contributed by atoms with Gasteiger partial charge >= 0.3 is 6.09 Å². The molecule has 0 radical (unpaired) electrons. The predicted octanol–water partition coefficient (Wildman–Crippen LogP) is 3.44. The lowest BCUT2D eigenvalue weighted by Crippen LogP contribution is -2.46. The molecular weight excluding hydrogens is 318 g/mol. The second kappa shape index (κ2) is 5.93. The van der Waals surface area contributed by atoms with Crippen molar-refractivity contribution in [3.63, 3.8) is 0 Å². The first-order valence-electron chi connectivity index (χ1n) is 9.00. The van der Waals surface area contributed by atoms with Crippen LogP contribution >= 0.6 is 0 Å². The molecule has 6 nitrogen and oxygen atoms in total. The molecule has 2 aliphatic rings. The smallest absolute Gasteiger partial charge is 0.410 e. The summed E-state index contributed by atoms with van der Waals surface area (Å²) in [7, 11) is 0. The van der Waals surface area contributed by atoms with E-state index in [4.69, 9.17) is 9.47 Å². The summed E-state index contributed by atoms with van der Waals surface area (Å²) in [6.07, 6.45) is 1.88. The van der Waals surface area contributed by atoms with Crippen LogP contribution in [0.25, 0.3) is 11.0 Å². The third kappa shape index (κ3) is 3.17. The number of rotatable bonds is 1. The molecule has 6 heteroatoms. The highest BCUT2D eigenvalue weighted by Gasteiger charge is 2.37. The van der Waals surface area contributed by atoms with Gasteiger partial charge in [0.05, 0.1) is 17.6 Å². The molecule has 1 aromatic carbocycles. The number of nitrogens with zero attached hydrogens (tertiary/aromatic N) is 3. The second-order valence-corrected chi connectivity index (χ2v) is 7.98. The van der Waals surface area contributed by atoms with Crippen LogP contribution in [-0.2, 0) is 11.3 Å². The van der Waals surface area contributed by atoms with Crippen molar-refractivity contribution in [3.05, 3.63) is 24.3 Å². The Labute approximate surface area is 147 Å². The number of hydrogen-bond donors (Lipinski definition) is 0. The van der Waals surface area contributed by atoms with Crippen molar-refractivity contribution in [1.82, 2.24) is 14.5 Å². The van der Waals surface area contributed by atoms with Gasteiger partial charge in [-0.1, -0.05) is 12.1 Å². The molecule has 0 spiro atoms. The average molecular weight is 343 g/mol. The first-order valence-corrected chi connectivity index (χ1v) is 9.00. The van der Waals surface area contributed by atoms with Crippen LogP contribution in [0.3, 0.4) is 0 Å². The third-order valence-corrected chi connectivity index (χ3v) is 4.87. The largest absolute Gasteiger partial charge is 0.459 e. The molecule has 2 aliphatic heterocycles. The normalized spacial score (nSPS) is 23.4. The first kappa shape index (κ1) is 16.2. The molecule has 2 atom stereocenters. The molecule has 1 fully saturated rings. The number of piperidine rings is 1. The predicted molar refractivity (Wildman–Crippen MR) is 94.7 cm³/mol. The van der Waals surface area contributed by atoms with Crippen LogP contribution in [0.1, 0.15) is 33.6 Å². The number of carbonyl (C=O) groups is 1. The lowest BCUT2D eigenvalue weighted by atomic mass is 9.92. The lowest BCUT2D eigenvalue weighted by molar-refractivity contribution is 0.00780. The maximum absolute atomic E-state index is 12.4. The summed E-state index contributed by atoms with van der Waals surface area (Å²) >= 11 is 0. The average Bonchev–Trinajstić information content (AvgIpc) is 3.11. The number of imidazole rings is 1. The second-order valence-electron chi connectivity index (χ2n) is 7.98. The van der Waals surface area contributed by atoms with Gasteiger partial charge in [-0.2, -0.15) is 4.98 Å². The standard InChI is InChI=1S/C19H25N3O3/c1-19(2,3)25-18(23)21-10-6-7-13(11-21)16-12-22-15-9-5-4-8-14(15)20-17(22)24-16/h4-5,8-9,13,16H,6-7,10-12H2,1-3H3. The molecule has 0 saturated carbocycles. The Morgan fingerprint density at radius 1 is 1.28 bits per heavy atom. The number of amides is 1. The number of fused-ring (bicyclic) bond motifs is 3. The number of benzene rings is 1. The monoisotopic (exact) mass is 343 g/mol. The van der Waals surface area contributed by atoms with Crippen molar-refractivity contribution in [2.24, 2.45) is 5.92 Å². The molecule has 0 aliphatic carbocycles. The van der Waals surface area contributed by atoms with E-state index >= 15 is 0 Å². The number of aromatic nitrogens is 2. The Hall–Kier alpha value is -2.24. The minimum absolute atomic E-state index is 0.0670. The van der Waals surface area contributed by atoms with Gasteiger partial charge in [0.25, 0.3) is 6.01 Å². The zero-order chi connectivity index (χ0) is 17.6. The summed E-state index contributed by atoms with van der Waals surface area (Å²) in [5.41, 5.74) is 1.62. The minimum atomic E-state index is -0.463. The lowest BCUT2D eigenvalue weighted by Gasteiger charge is -2.35. The fourth-order valence-electron chi connectivity index (χ4n) is 3.72. The van der Waals surface area contributed by atoms with Gasteiger partial charge in [0.1, 0.15) is 11.7 Å². The van der Waals surface area contributed by atoms with Crippen LogP contribution in [0.4, 0.5) is 4.79 Å². The molecule has 134 valence electrons. The van der Waals surface area contributed by atoms with Gasteiger partial charge in [0, 0.05) is 19.0 Å². The van der Waals surface area contributed by atoms with Gasteiger partial charge in [-0.15, -0.1) is 0 Å². The quantitative estimate of drug-likeness (QED) is 0.796. The van der Waals surface area contributed by atoms with Crippen LogP contribution in [0.2, 0.25) is 0 Å². The fraction of sp³-hybridized carbons (Fsp3) is 0.579. The van der Waals surface area contributed by atoms with Gasteiger partial charge in [-0.3, -0.25) is 4.57 Å². The van der Waals surface area contributed by atoms with Crippen molar-refractivity contribution in [3.8, 4) is 6.01 Å². The van der Waals surface area contributed by atoms with Gasteiger partial charge < -0.3 is 14.4 Å². The zero-order valence-electron chi connectivity index (χ0n) is 15.1. The van der Waals surface area contributed by atoms with E-state index in [1.807, 2.05) is 43.9 Å². The summed E-state index contributed by atoms with van der Waals surface area (Å²) in [6, 6.07) is 8.79. The van der Waals surface area contributed by atoms with Crippen LogP contribution in [-0.4, -0.2) is 45.3 Å². The Morgan fingerprint density at radius 3 is 2.88 bits per heavy atom. The van der Waals surface area contributed by atoms with Crippen molar-refractivity contribution >= 4 is 17.1 Å². The van der Waals surface area contributed by atoms with Crippen molar-refractivity contribution in [2.75, 3.05) is 13.1 Å². The Balaban J connectivity index is 1.45. The van der Waals surface area contributed by atoms with E-state index in [-0.39, 0.29) is 12.2 Å². The summed E-state index contributed by atoms with van der Waals surface area (Å²) in [4.78, 5) is 18.8. The highest BCUT2D eigenvalue weighted by molar-refractivity contribution is 5.76.